The fourth-order valence-electron chi connectivity index (χ4n) is 5.38. The summed E-state index contributed by atoms with van der Waals surface area (Å²) in [5.41, 5.74) is 7.85. The molecule has 12 nitrogen and oxygen atoms in total. The van der Waals surface area contributed by atoms with Crippen LogP contribution in [0.4, 0.5) is 27.7 Å². The summed E-state index contributed by atoms with van der Waals surface area (Å²) in [7, 11) is 0. The second-order valence-electron chi connectivity index (χ2n) is 10.6. The fourth-order valence-corrected chi connectivity index (χ4v) is 5.38. The number of carbonyl (C=O) groups is 3. The van der Waals surface area contributed by atoms with Crippen LogP contribution in [0.15, 0.2) is 60.9 Å². The molecule has 238 valence electrons. The van der Waals surface area contributed by atoms with E-state index >= 15 is 4.48 Å². The number of alkyl halides is 4. The lowest BCUT2D eigenvalue weighted by molar-refractivity contribution is -0.274. The number of amides is 3. The Balaban J connectivity index is 1.25. The number of aromatic nitrogens is 5. The topological polar surface area (TPSA) is 141 Å². The monoisotopic (exact) mass is 642 g/mol. The Morgan fingerprint density at radius 2 is 1.87 bits per heavy atom. The smallest absolute Gasteiger partial charge is 0.406 e. The third-order valence-electron chi connectivity index (χ3n) is 7.36. The normalized spacial score (nSPS) is 16.7. The quantitative estimate of drug-likeness (QED) is 0.210. The highest BCUT2D eigenvalue weighted by molar-refractivity contribution is 6.05. The van der Waals surface area contributed by atoms with Crippen molar-refractivity contribution >= 4 is 40.0 Å². The predicted molar refractivity (Wildman–Crippen MR) is 152 cm³/mol. The van der Waals surface area contributed by atoms with Gasteiger partial charge in [0.25, 0.3) is 11.8 Å². The molecular weight excluding hydrogens is 619 g/mol. The Labute approximate surface area is 255 Å². The van der Waals surface area contributed by atoms with Gasteiger partial charge in [0, 0.05) is 41.9 Å². The number of hydrogen-bond acceptors (Lipinski definition) is 7. The molecule has 3 amide bonds. The zero-order chi connectivity index (χ0) is 32.9. The van der Waals surface area contributed by atoms with Crippen molar-refractivity contribution in [2.45, 2.75) is 38.5 Å². The van der Waals surface area contributed by atoms with E-state index in [-0.39, 0.29) is 5.69 Å². The first-order valence-corrected chi connectivity index (χ1v) is 13.7. The maximum atomic E-state index is 15.2. The second kappa shape index (κ2) is 11.4. The lowest BCUT2D eigenvalue weighted by Gasteiger charge is -2.25. The van der Waals surface area contributed by atoms with E-state index in [0.29, 0.717) is 33.7 Å². The number of benzene rings is 2. The maximum Gasteiger partial charge on any atom is 0.573 e. The number of likely N-dealkylation sites (tertiary alicyclic amines) is 1. The number of rotatable bonds is 7. The molecule has 1 aliphatic heterocycles. The number of nitrogens with two attached hydrogens (primary N) is 1. The van der Waals surface area contributed by atoms with Crippen LogP contribution in [0.2, 0.25) is 0 Å². The minimum absolute atomic E-state index is 0.151. The van der Waals surface area contributed by atoms with Crippen molar-refractivity contribution in [3.63, 3.8) is 0 Å². The van der Waals surface area contributed by atoms with Gasteiger partial charge in [-0.25, -0.2) is 13.9 Å². The summed E-state index contributed by atoms with van der Waals surface area (Å²) in [5.74, 6) is -3.86. The van der Waals surface area contributed by atoms with Crippen LogP contribution in [0.3, 0.4) is 0 Å². The van der Waals surface area contributed by atoms with E-state index in [2.05, 4.69) is 19.9 Å². The second-order valence-corrected chi connectivity index (χ2v) is 10.6. The minimum atomic E-state index is -5.06. The van der Waals surface area contributed by atoms with E-state index in [1.54, 1.807) is 41.2 Å². The van der Waals surface area contributed by atoms with Crippen molar-refractivity contribution in [2.75, 3.05) is 11.7 Å². The summed E-state index contributed by atoms with van der Waals surface area (Å²) in [5, 5.41) is 8.39. The van der Waals surface area contributed by atoms with Gasteiger partial charge in [-0.2, -0.15) is 10.2 Å². The van der Waals surface area contributed by atoms with Gasteiger partial charge in [-0.05, 0) is 36.8 Å². The Hall–Kier alpha value is -5.61. The molecule has 0 radical (unpaired) electrons. The highest BCUT2D eigenvalue weighted by Crippen LogP contribution is 2.31. The Morgan fingerprint density at radius 1 is 1.09 bits per heavy atom. The van der Waals surface area contributed by atoms with Crippen LogP contribution in [0, 0.1) is 6.92 Å². The lowest BCUT2D eigenvalue weighted by atomic mass is 10.1. The van der Waals surface area contributed by atoms with E-state index in [1.165, 1.54) is 0 Å². The van der Waals surface area contributed by atoms with Crippen molar-refractivity contribution in [2.24, 2.45) is 5.73 Å². The minimum Gasteiger partial charge on any atom is -0.406 e. The Bertz CT molecular complexity index is 2010. The predicted octanol–water partition coefficient (Wildman–Crippen LogP) is 3.91. The number of nitrogens with zero attached hydrogens (tertiary/aromatic N) is 7. The highest BCUT2D eigenvalue weighted by atomic mass is 19.4. The molecule has 1 fully saturated rings. The first-order chi connectivity index (χ1) is 21.8. The van der Waals surface area contributed by atoms with Gasteiger partial charge in [-0.15, -0.1) is 18.3 Å². The van der Waals surface area contributed by atoms with E-state index in [4.69, 9.17) is 5.73 Å². The van der Waals surface area contributed by atoms with E-state index in [9.17, 15) is 31.9 Å². The molecular formula is C29H23F5N8O4. The van der Waals surface area contributed by atoms with Gasteiger partial charge in [0.05, 0.1) is 23.4 Å². The number of halogens is 5. The van der Waals surface area contributed by atoms with Gasteiger partial charge in [-0.1, -0.05) is 16.6 Å². The van der Waals surface area contributed by atoms with Crippen molar-refractivity contribution in [1.29, 1.82) is 0 Å². The Morgan fingerprint density at radius 3 is 2.61 bits per heavy atom. The van der Waals surface area contributed by atoms with Gasteiger partial charge < -0.3 is 15.4 Å². The van der Waals surface area contributed by atoms with Crippen LogP contribution in [0.25, 0.3) is 27.7 Å². The third-order valence-corrected chi connectivity index (χ3v) is 7.36. The third kappa shape index (κ3) is 5.90. The molecule has 0 bridgehead atoms. The molecule has 1 aliphatic rings. The van der Waals surface area contributed by atoms with Crippen LogP contribution in [0.5, 0.6) is 5.75 Å². The number of anilines is 1. The standard InChI is InChI=1S/C29H23F5N8O4/c1-15-7-24-36-11-17(12-41(24)37-15)16-5-6-22-21(8-16)26(27(35)44)38-40(22)14-25(43)39-13-18(30)9-23(39)28(45)42(34)19-3-2-4-20(10-19)46-29(31,32)33/h2-8,10-12,18,23H,9,13-14H2,1H3,(H2,35,44)/t18-,23+/m1/s1. The summed E-state index contributed by atoms with van der Waals surface area (Å²) in [6, 6.07) is 8.71. The number of hydrogen-bond donors (Lipinski definition) is 1. The number of primary amides is 1. The molecule has 3 aromatic heterocycles. The molecule has 1 saturated heterocycles. The van der Waals surface area contributed by atoms with E-state index < -0.39 is 72.4 Å². The van der Waals surface area contributed by atoms with E-state index in [0.717, 1.165) is 33.5 Å². The molecule has 5 aromatic rings. The highest BCUT2D eigenvalue weighted by Gasteiger charge is 2.43. The van der Waals surface area contributed by atoms with Gasteiger partial charge in [0.1, 0.15) is 24.5 Å². The summed E-state index contributed by atoms with van der Waals surface area (Å²) in [6.45, 7) is 0.711. The molecule has 46 heavy (non-hydrogen) atoms. The fraction of sp³-hybridized carbons (Fsp3) is 0.241. The molecule has 17 heteroatoms. The zero-order valence-corrected chi connectivity index (χ0v) is 23.8. The first kappa shape index (κ1) is 30.4. The van der Waals surface area contributed by atoms with Gasteiger partial charge >= 0.3 is 6.36 Å². The van der Waals surface area contributed by atoms with Crippen molar-refractivity contribution in [3.8, 4) is 16.9 Å². The number of fused-ring (bicyclic) bond motifs is 2. The average Bonchev–Trinajstić information content (AvgIpc) is 3.68. The number of ether oxygens (including phenoxy) is 1. The van der Waals surface area contributed by atoms with Crippen molar-refractivity contribution < 1.29 is 41.2 Å². The number of carbonyl (C=O) groups excluding carboxylic acids is 3. The van der Waals surface area contributed by atoms with Crippen LogP contribution >= 0.6 is 0 Å². The summed E-state index contributed by atoms with van der Waals surface area (Å²) >= 11 is 0. The Kier molecular flexibility index (Phi) is 7.53. The summed E-state index contributed by atoms with van der Waals surface area (Å²) in [6.07, 6.45) is -3.92. The zero-order valence-electron chi connectivity index (χ0n) is 23.8. The SMILES string of the molecule is Cc1cc2ncc(-c3ccc4c(c3)c(C(N)=O)nn4CC(=O)N3C[C@H](F)C[C@H]3C(=O)N(F)c3cccc(OC(F)(F)F)c3)cn2n1. The molecule has 0 spiro atoms. The van der Waals surface area contributed by atoms with Crippen molar-refractivity contribution in [3.05, 3.63) is 72.3 Å². The molecule has 0 saturated carbocycles. The largest absolute Gasteiger partial charge is 0.573 e. The van der Waals surface area contributed by atoms with Gasteiger partial charge in [0.2, 0.25) is 5.91 Å². The molecule has 2 aromatic carbocycles. The summed E-state index contributed by atoms with van der Waals surface area (Å²) < 4.78 is 74.1. The first-order valence-electron chi connectivity index (χ1n) is 13.7. The molecule has 4 heterocycles. The van der Waals surface area contributed by atoms with Crippen LogP contribution < -0.4 is 15.6 Å². The van der Waals surface area contributed by atoms with Crippen LogP contribution in [0.1, 0.15) is 22.6 Å². The average molecular weight is 643 g/mol. The molecule has 6 rings (SSSR count). The molecule has 0 unspecified atom stereocenters. The molecule has 2 N–H and O–H groups in total. The van der Waals surface area contributed by atoms with Gasteiger partial charge in [-0.3, -0.25) is 19.1 Å². The van der Waals surface area contributed by atoms with Crippen LogP contribution in [-0.2, 0) is 16.1 Å². The lowest BCUT2D eigenvalue weighted by Crippen LogP contribution is -2.46. The molecule has 2 atom stereocenters. The number of aryl methyl sites for hydroxylation is 1. The summed E-state index contributed by atoms with van der Waals surface area (Å²) in [4.78, 5) is 44.0. The maximum absolute atomic E-state index is 15.2. The van der Waals surface area contributed by atoms with Gasteiger partial charge in [0.15, 0.2) is 11.3 Å². The van der Waals surface area contributed by atoms with E-state index in [1.807, 2.05) is 6.92 Å². The molecule has 0 aliphatic carbocycles. The van der Waals surface area contributed by atoms with Crippen LogP contribution in [-0.4, -0.2) is 72.1 Å². The van der Waals surface area contributed by atoms with Crippen molar-refractivity contribution in [1.82, 2.24) is 29.3 Å².